The monoisotopic (exact) mass is 461 g/mol. The topological polar surface area (TPSA) is 67.4 Å². The van der Waals surface area contributed by atoms with E-state index < -0.39 is 11.7 Å². The number of hydrogen-bond acceptors (Lipinski definition) is 4. The van der Waals surface area contributed by atoms with E-state index in [1.54, 1.807) is 32.4 Å². The third-order valence-electron chi connectivity index (χ3n) is 5.35. The molecule has 0 saturated heterocycles. The molecule has 2 aromatic heterocycles. The second-order valence-corrected chi connectivity index (χ2v) is 9.16. The Balaban J connectivity index is 1.79. The van der Waals surface area contributed by atoms with E-state index in [4.69, 9.17) is 9.47 Å². The van der Waals surface area contributed by atoms with Crippen molar-refractivity contribution < 1.29 is 18.7 Å². The molecule has 0 saturated carbocycles. The van der Waals surface area contributed by atoms with E-state index in [1.807, 2.05) is 57.2 Å². The summed E-state index contributed by atoms with van der Waals surface area (Å²) >= 11 is 0. The predicted molar refractivity (Wildman–Crippen MR) is 132 cm³/mol. The second-order valence-electron chi connectivity index (χ2n) is 9.16. The van der Waals surface area contributed by atoms with Crippen molar-refractivity contribution in [3.63, 3.8) is 0 Å². The molecule has 0 aliphatic rings. The molecule has 0 atom stereocenters. The number of carbonyl (C=O) groups is 1. The van der Waals surface area contributed by atoms with Gasteiger partial charge in [0.1, 0.15) is 23.0 Å². The fourth-order valence-electron chi connectivity index (χ4n) is 3.69. The Morgan fingerprint density at radius 3 is 2.53 bits per heavy atom. The number of benzene rings is 2. The van der Waals surface area contributed by atoms with Crippen LogP contribution in [0.4, 0.5) is 15.0 Å². The first-order valence-corrected chi connectivity index (χ1v) is 11.0. The first kappa shape index (κ1) is 23.3. The van der Waals surface area contributed by atoms with Crippen LogP contribution in [0.5, 0.6) is 5.75 Å². The van der Waals surface area contributed by atoms with Crippen LogP contribution in [0.1, 0.15) is 31.9 Å². The molecule has 2 heterocycles. The first-order valence-electron chi connectivity index (χ1n) is 11.0. The predicted octanol–water partition coefficient (Wildman–Crippen LogP) is 6.63. The number of rotatable bonds is 5. The summed E-state index contributed by atoms with van der Waals surface area (Å²) in [6, 6.07) is 16.4. The zero-order chi connectivity index (χ0) is 24.5. The van der Waals surface area contributed by atoms with Crippen LogP contribution in [0.2, 0.25) is 0 Å². The maximum absolute atomic E-state index is 14.1. The van der Waals surface area contributed by atoms with Crippen LogP contribution in [0.3, 0.4) is 0 Å². The Hall–Kier alpha value is -3.87. The molecule has 4 rings (SSSR count). The number of H-pyrrole nitrogens is 1. The van der Waals surface area contributed by atoms with Gasteiger partial charge < -0.3 is 14.5 Å². The van der Waals surface area contributed by atoms with Gasteiger partial charge in [-0.3, -0.25) is 4.90 Å². The Bertz CT molecular complexity index is 1280. The Morgan fingerprint density at radius 1 is 1.12 bits per heavy atom. The molecule has 0 unspecified atom stereocenters. The molecule has 0 bridgehead atoms. The van der Waals surface area contributed by atoms with Gasteiger partial charge in [0.05, 0.1) is 19.3 Å². The summed E-state index contributed by atoms with van der Waals surface area (Å²) in [4.78, 5) is 22.6. The van der Waals surface area contributed by atoms with Gasteiger partial charge in [-0.15, -0.1) is 0 Å². The molecule has 0 aliphatic heterocycles. The van der Waals surface area contributed by atoms with Crippen molar-refractivity contribution in [2.24, 2.45) is 0 Å². The molecular formula is C27H28FN3O3. The average Bonchev–Trinajstić information content (AvgIpc) is 3.19. The number of methoxy groups -OCH3 is 1. The van der Waals surface area contributed by atoms with Gasteiger partial charge in [-0.1, -0.05) is 12.1 Å². The summed E-state index contributed by atoms with van der Waals surface area (Å²) in [5, 5.41) is 0.877. The minimum absolute atomic E-state index is 0.247. The van der Waals surface area contributed by atoms with E-state index in [9.17, 15) is 9.18 Å². The molecule has 0 spiro atoms. The highest BCUT2D eigenvalue weighted by molar-refractivity contribution is 5.94. The Kier molecular flexibility index (Phi) is 6.28. The van der Waals surface area contributed by atoms with Crippen LogP contribution in [0, 0.1) is 12.7 Å². The number of nitrogens with one attached hydrogen (secondary N) is 1. The van der Waals surface area contributed by atoms with Gasteiger partial charge in [0.2, 0.25) is 0 Å². The van der Waals surface area contributed by atoms with E-state index in [0.717, 1.165) is 22.4 Å². The van der Waals surface area contributed by atoms with E-state index >= 15 is 0 Å². The number of anilines is 1. The second kappa shape index (κ2) is 9.17. The maximum Gasteiger partial charge on any atom is 0.416 e. The summed E-state index contributed by atoms with van der Waals surface area (Å²) in [7, 11) is 1.61. The molecule has 6 nitrogen and oxygen atoms in total. The maximum atomic E-state index is 14.1. The summed E-state index contributed by atoms with van der Waals surface area (Å²) in [5.41, 5.74) is 2.88. The van der Waals surface area contributed by atoms with Gasteiger partial charge in [0, 0.05) is 22.7 Å². The fraction of sp³-hybridized carbons (Fsp3) is 0.259. The van der Waals surface area contributed by atoms with Crippen molar-refractivity contribution in [1.29, 1.82) is 0 Å². The van der Waals surface area contributed by atoms with E-state index in [0.29, 0.717) is 22.5 Å². The Labute approximate surface area is 198 Å². The number of nitrogens with zero attached hydrogens (tertiary/aromatic N) is 2. The van der Waals surface area contributed by atoms with Crippen molar-refractivity contribution >= 4 is 22.8 Å². The van der Waals surface area contributed by atoms with Crippen molar-refractivity contribution in [3.8, 4) is 17.0 Å². The van der Waals surface area contributed by atoms with Crippen LogP contribution in [-0.2, 0) is 11.3 Å². The molecule has 1 amide bonds. The van der Waals surface area contributed by atoms with Crippen LogP contribution in [-0.4, -0.2) is 28.8 Å². The van der Waals surface area contributed by atoms with Crippen molar-refractivity contribution in [3.05, 3.63) is 77.7 Å². The van der Waals surface area contributed by atoms with Crippen molar-refractivity contribution in [2.45, 2.75) is 39.8 Å². The van der Waals surface area contributed by atoms with Gasteiger partial charge in [0.25, 0.3) is 0 Å². The molecule has 176 valence electrons. The number of carbonyl (C=O) groups excluding carboxylic acids is 1. The van der Waals surface area contributed by atoms with Gasteiger partial charge >= 0.3 is 6.09 Å². The molecule has 7 heteroatoms. The van der Waals surface area contributed by atoms with E-state index in [-0.39, 0.29) is 12.4 Å². The lowest BCUT2D eigenvalue weighted by molar-refractivity contribution is 0.0576. The zero-order valence-corrected chi connectivity index (χ0v) is 20.0. The minimum Gasteiger partial charge on any atom is -0.497 e. The lowest BCUT2D eigenvalue weighted by Crippen LogP contribution is -2.37. The third kappa shape index (κ3) is 5.03. The molecular weight excluding hydrogens is 433 g/mol. The molecule has 0 aliphatic carbocycles. The van der Waals surface area contributed by atoms with Crippen LogP contribution in [0.15, 0.2) is 60.8 Å². The van der Waals surface area contributed by atoms with Gasteiger partial charge in [-0.2, -0.15) is 0 Å². The number of halogens is 1. The standard InChI is InChI=1S/C27H28FN3O3/c1-17-13-19-14-24(30-23(19)15-22(17)28)21-7-6-12-29-25(21)31(26(32)34-27(2,3)4)16-18-8-10-20(33-5)11-9-18/h6-15,30H,16H2,1-5H3. The lowest BCUT2D eigenvalue weighted by Gasteiger charge is -2.28. The number of aryl methyl sites for hydroxylation is 1. The molecule has 34 heavy (non-hydrogen) atoms. The molecule has 2 aromatic carbocycles. The van der Waals surface area contributed by atoms with E-state index in [2.05, 4.69) is 9.97 Å². The number of fused-ring (bicyclic) bond motifs is 1. The molecule has 4 aromatic rings. The average molecular weight is 462 g/mol. The highest BCUT2D eigenvalue weighted by atomic mass is 19.1. The Morgan fingerprint density at radius 2 is 1.85 bits per heavy atom. The molecule has 0 fully saturated rings. The lowest BCUT2D eigenvalue weighted by atomic mass is 10.1. The number of hydrogen-bond donors (Lipinski definition) is 1. The number of amides is 1. The number of aromatic amines is 1. The fourth-order valence-corrected chi connectivity index (χ4v) is 3.69. The number of ether oxygens (including phenoxy) is 2. The van der Waals surface area contributed by atoms with Gasteiger partial charge in [-0.25, -0.2) is 14.2 Å². The van der Waals surface area contributed by atoms with Crippen molar-refractivity contribution in [2.75, 3.05) is 12.0 Å². The van der Waals surface area contributed by atoms with Crippen LogP contribution < -0.4 is 9.64 Å². The smallest absolute Gasteiger partial charge is 0.416 e. The first-order chi connectivity index (χ1) is 16.1. The largest absolute Gasteiger partial charge is 0.497 e. The highest BCUT2D eigenvalue weighted by Gasteiger charge is 2.27. The van der Waals surface area contributed by atoms with Crippen LogP contribution in [0.25, 0.3) is 22.2 Å². The van der Waals surface area contributed by atoms with E-state index in [1.165, 1.54) is 11.0 Å². The third-order valence-corrected chi connectivity index (χ3v) is 5.35. The molecule has 0 radical (unpaired) electrons. The number of pyridine rings is 1. The van der Waals surface area contributed by atoms with Crippen molar-refractivity contribution in [1.82, 2.24) is 9.97 Å². The highest BCUT2D eigenvalue weighted by Crippen LogP contribution is 2.33. The van der Waals surface area contributed by atoms with Gasteiger partial charge in [-0.05, 0) is 81.3 Å². The normalized spacial score (nSPS) is 11.5. The number of aromatic nitrogens is 2. The minimum atomic E-state index is -0.680. The van der Waals surface area contributed by atoms with Crippen LogP contribution >= 0.6 is 0 Å². The van der Waals surface area contributed by atoms with Gasteiger partial charge in [0.15, 0.2) is 0 Å². The quantitative estimate of drug-likeness (QED) is 0.362. The SMILES string of the molecule is COc1ccc(CN(C(=O)OC(C)(C)C)c2ncccc2-c2cc3cc(C)c(F)cc3[nH]2)cc1. The molecule has 1 N–H and O–H groups in total. The zero-order valence-electron chi connectivity index (χ0n) is 20.0. The summed E-state index contributed by atoms with van der Waals surface area (Å²) in [6.07, 6.45) is 1.12. The summed E-state index contributed by atoms with van der Waals surface area (Å²) in [5.74, 6) is 0.894. The summed E-state index contributed by atoms with van der Waals surface area (Å²) < 4.78 is 25.1. The summed E-state index contributed by atoms with van der Waals surface area (Å²) in [6.45, 7) is 7.45.